The predicted molar refractivity (Wildman–Crippen MR) is 79.1 cm³/mol. The Morgan fingerprint density at radius 1 is 1.40 bits per heavy atom. The number of hydrogen-bond donors (Lipinski definition) is 0. The maximum atomic E-state index is 12.6. The van der Waals surface area contributed by atoms with Crippen LogP contribution in [0.4, 0.5) is 0 Å². The molecule has 0 saturated carbocycles. The van der Waals surface area contributed by atoms with Crippen molar-refractivity contribution in [1.29, 1.82) is 0 Å². The summed E-state index contributed by atoms with van der Waals surface area (Å²) in [5.41, 5.74) is 1.13. The van der Waals surface area contributed by atoms with Crippen LogP contribution in [0.3, 0.4) is 0 Å². The number of esters is 1. The Hall–Kier alpha value is -1.36. The highest BCUT2D eigenvalue weighted by Gasteiger charge is 2.34. The van der Waals surface area contributed by atoms with Crippen LogP contribution in [0.1, 0.15) is 46.3 Å². The first-order valence-corrected chi connectivity index (χ1v) is 7.91. The van der Waals surface area contributed by atoms with Crippen molar-refractivity contribution in [1.82, 2.24) is 4.90 Å². The first-order valence-electron chi connectivity index (χ1n) is 7.09. The summed E-state index contributed by atoms with van der Waals surface area (Å²) in [5, 5.41) is 0. The smallest absolute Gasteiger partial charge is 0.328 e. The molecular formula is C15H21NO3S. The van der Waals surface area contributed by atoms with E-state index in [0.29, 0.717) is 19.6 Å². The minimum Gasteiger partial charge on any atom is -0.464 e. The third kappa shape index (κ3) is 3.03. The number of hydrogen-bond acceptors (Lipinski definition) is 4. The lowest BCUT2D eigenvalue weighted by Crippen LogP contribution is -2.48. The highest BCUT2D eigenvalue weighted by Crippen LogP contribution is 2.26. The maximum absolute atomic E-state index is 12.6. The topological polar surface area (TPSA) is 46.6 Å². The largest absolute Gasteiger partial charge is 0.464 e. The summed E-state index contributed by atoms with van der Waals surface area (Å²) >= 11 is 1.50. The van der Waals surface area contributed by atoms with Crippen molar-refractivity contribution in [2.24, 2.45) is 0 Å². The second kappa shape index (κ2) is 6.39. The summed E-state index contributed by atoms with van der Waals surface area (Å²) in [6.07, 6.45) is 2.62. The maximum Gasteiger partial charge on any atom is 0.328 e. The molecule has 1 atom stereocenters. The minimum atomic E-state index is -0.418. The molecule has 1 aromatic rings. The monoisotopic (exact) mass is 295 g/mol. The van der Waals surface area contributed by atoms with Crippen molar-refractivity contribution in [3.63, 3.8) is 0 Å². The molecule has 1 saturated heterocycles. The van der Waals surface area contributed by atoms with Crippen LogP contribution in [0.5, 0.6) is 0 Å². The van der Waals surface area contributed by atoms with Gasteiger partial charge in [-0.2, -0.15) is 0 Å². The standard InChI is InChI=1S/C15H21NO3S/c1-4-19-15(18)12-7-5-6-8-16(12)14(17)13-9-10(2)11(3)20-13/h9,12H,4-8H2,1-3H3. The Kier molecular flexibility index (Phi) is 4.81. The van der Waals surface area contributed by atoms with Crippen molar-refractivity contribution in [3.05, 3.63) is 21.4 Å². The number of thiophene rings is 1. The van der Waals surface area contributed by atoms with Crippen molar-refractivity contribution < 1.29 is 14.3 Å². The average molecular weight is 295 g/mol. The van der Waals surface area contributed by atoms with Crippen molar-refractivity contribution in [3.8, 4) is 0 Å². The van der Waals surface area contributed by atoms with Crippen molar-refractivity contribution in [2.75, 3.05) is 13.2 Å². The zero-order chi connectivity index (χ0) is 14.7. The molecule has 5 heteroatoms. The third-order valence-corrected chi connectivity index (χ3v) is 4.84. The van der Waals surface area contributed by atoms with Gasteiger partial charge in [0, 0.05) is 11.4 Å². The average Bonchev–Trinajstić information content (AvgIpc) is 2.78. The Morgan fingerprint density at radius 3 is 2.75 bits per heavy atom. The molecule has 2 rings (SSSR count). The third-order valence-electron chi connectivity index (χ3n) is 3.70. The predicted octanol–water partition coefficient (Wildman–Crippen LogP) is 2.92. The van der Waals surface area contributed by atoms with Gasteiger partial charge in [0.05, 0.1) is 11.5 Å². The van der Waals surface area contributed by atoms with E-state index in [-0.39, 0.29) is 11.9 Å². The van der Waals surface area contributed by atoms with Crippen LogP contribution in [0, 0.1) is 13.8 Å². The number of carbonyl (C=O) groups excluding carboxylic acids is 2. The molecule has 1 aliphatic heterocycles. The first kappa shape index (κ1) is 15.0. The molecule has 1 aliphatic rings. The van der Waals surface area contributed by atoms with E-state index >= 15 is 0 Å². The lowest BCUT2D eigenvalue weighted by atomic mass is 10.0. The van der Waals surface area contributed by atoms with Crippen molar-refractivity contribution >= 4 is 23.2 Å². The molecule has 1 unspecified atom stereocenters. The van der Waals surface area contributed by atoms with Crippen molar-refractivity contribution in [2.45, 2.75) is 46.1 Å². The molecule has 1 fully saturated rings. The highest BCUT2D eigenvalue weighted by atomic mass is 32.1. The number of likely N-dealkylation sites (tertiary alicyclic amines) is 1. The molecule has 0 aromatic carbocycles. The lowest BCUT2D eigenvalue weighted by molar-refractivity contribution is -0.149. The summed E-state index contributed by atoms with van der Waals surface area (Å²) < 4.78 is 5.10. The molecule has 0 N–H and O–H groups in total. The Bertz CT molecular complexity index is 490. The van der Waals surface area contributed by atoms with Crippen LogP contribution in [-0.4, -0.2) is 36.0 Å². The number of carbonyl (C=O) groups is 2. The van der Waals surface area contributed by atoms with Gasteiger partial charge in [-0.25, -0.2) is 4.79 Å². The van der Waals surface area contributed by atoms with Crippen LogP contribution in [-0.2, 0) is 9.53 Å². The quantitative estimate of drug-likeness (QED) is 0.806. The number of rotatable bonds is 3. The molecule has 4 nitrogen and oxygen atoms in total. The van der Waals surface area contributed by atoms with Crippen LogP contribution in [0.15, 0.2) is 6.07 Å². The fourth-order valence-corrected chi connectivity index (χ4v) is 3.47. The van der Waals surface area contributed by atoms with Gasteiger partial charge in [0.1, 0.15) is 6.04 Å². The van der Waals surface area contributed by atoms with E-state index in [1.54, 1.807) is 11.8 Å². The van der Waals surface area contributed by atoms with Crippen LogP contribution >= 0.6 is 11.3 Å². The van der Waals surface area contributed by atoms with E-state index in [1.807, 2.05) is 19.9 Å². The van der Waals surface area contributed by atoms with E-state index in [2.05, 4.69) is 0 Å². The summed E-state index contributed by atoms with van der Waals surface area (Å²) in [7, 11) is 0. The summed E-state index contributed by atoms with van der Waals surface area (Å²) in [5.74, 6) is -0.311. The second-order valence-electron chi connectivity index (χ2n) is 5.11. The minimum absolute atomic E-state index is 0.0380. The summed E-state index contributed by atoms with van der Waals surface area (Å²) in [6, 6.07) is 1.50. The molecular weight excluding hydrogens is 274 g/mol. The van der Waals surface area contributed by atoms with Gasteiger partial charge in [-0.15, -0.1) is 11.3 Å². The molecule has 0 radical (unpaired) electrons. The molecule has 1 aromatic heterocycles. The van der Waals surface area contributed by atoms with E-state index in [4.69, 9.17) is 4.74 Å². The number of aryl methyl sites for hydroxylation is 2. The second-order valence-corrected chi connectivity index (χ2v) is 6.37. The molecule has 1 amide bonds. The SMILES string of the molecule is CCOC(=O)C1CCCCN1C(=O)c1cc(C)c(C)s1. The summed E-state index contributed by atoms with van der Waals surface area (Å²) in [4.78, 5) is 28.2. The van der Waals surface area contributed by atoms with E-state index in [1.165, 1.54) is 11.3 Å². The van der Waals surface area contributed by atoms with Crippen LogP contribution in [0.2, 0.25) is 0 Å². The first-order chi connectivity index (χ1) is 9.54. The molecule has 110 valence electrons. The molecule has 0 bridgehead atoms. The van der Waals surface area contributed by atoms with Gasteiger partial charge < -0.3 is 9.64 Å². The number of piperidine rings is 1. The number of amides is 1. The normalized spacial score (nSPS) is 18.9. The zero-order valence-electron chi connectivity index (χ0n) is 12.3. The van der Waals surface area contributed by atoms with Crippen LogP contribution < -0.4 is 0 Å². The fourth-order valence-electron chi connectivity index (χ4n) is 2.48. The van der Waals surface area contributed by atoms with Gasteiger partial charge >= 0.3 is 5.97 Å². The molecule has 20 heavy (non-hydrogen) atoms. The lowest BCUT2D eigenvalue weighted by Gasteiger charge is -2.33. The number of ether oxygens (including phenoxy) is 1. The Morgan fingerprint density at radius 2 is 2.15 bits per heavy atom. The van der Waals surface area contributed by atoms with Gasteiger partial charge in [-0.3, -0.25) is 4.79 Å². The molecule has 2 heterocycles. The molecule has 0 spiro atoms. The zero-order valence-corrected chi connectivity index (χ0v) is 13.1. The fraction of sp³-hybridized carbons (Fsp3) is 0.600. The van der Waals surface area contributed by atoms with Gasteiger partial charge in [-0.1, -0.05) is 0 Å². The Balaban J connectivity index is 2.19. The van der Waals surface area contributed by atoms with Gasteiger partial charge in [-0.05, 0) is 51.7 Å². The number of nitrogens with zero attached hydrogens (tertiary/aromatic N) is 1. The van der Waals surface area contributed by atoms with Crippen LogP contribution in [0.25, 0.3) is 0 Å². The van der Waals surface area contributed by atoms with E-state index < -0.39 is 6.04 Å². The molecule has 0 aliphatic carbocycles. The van der Waals surface area contributed by atoms with E-state index in [9.17, 15) is 9.59 Å². The van der Waals surface area contributed by atoms with E-state index in [0.717, 1.165) is 28.2 Å². The van der Waals surface area contributed by atoms with Gasteiger partial charge in [0.25, 0.3) is 5.91 Å². The highest BCUT2D eigenvalue weighted by molar-refractivity contribution is 7.14. The Labute approximate surface area is 123 Å². The summed E-state index contributed by atoms with van der Waals surface area (Å²) in [6.45, 7) is 6.79. The van der Waals surface area contributed by atoms with Gasteiger partial charge in [0.2, 0.25) is 0 Å². The van der Waals surface area contributed by atoms with Gasteiger partial charge in [0.15, 0.2) is 0 Å².